The Balaban J connectivity index is 1.84. The summed E-state index contributed by atoms with van der Waals surface area (Å²) in [4.78, 5) is 12.2. The van der Waals surface area contributed by atoms with Crippen molar-refractivity contribution in [3.05, 3.63) is 0 Å². The van der Waals surface area contributed by atoms with Gasteiger partial charge in [-0.25, -0.2) is 0 Å². The van der Waals surface area contributed by atoms with Gasteiger partial charge in [0.1, 0.15) is 0 Å². The lowest BCUT2D eigenvalue weighted by molar-refractivity contribution is -0.127. The zero-order chi connectivity index (χ0) is 12.3. The normalized spacial score (nSPS) is 26.7. The van der Waals surface area contributed by atoms with E-state index in [4.69, 9.17) is 5.73 Å². The number of hydrogen-bond donors (Lipinski definition) is 2. The topological polar surface area (TPSA) is 55.1 Å². The summed E-state index contributed by atoms with van der Waals surface area (Å²) >= 11 is 0. The van der Waals surface area contributed by atoms with Crippen molar-refractivity contribution >= 4 is 5.91 Å². The fourth-order valence-electron chi connectivity index (χ4n) is 3.34. The summed E-state index contributed by atoms with van der Waals surface area (Å²) < 4.78 is 0. The summed E-state index contributed by atoms with van der Waals surface area (Å²) in [5.41, 5.74) is 5.60. The van der Waals surface area contributed by atoms with Gasteiger partial charge in [0.05, 0.1) is 5.54 Å². The molecule has 0 heterocycles. The average molecular weight is 238 g/mol. The molecule has 0 unspecified atom stereocenters. The van der Waals surface area contributed by atoms with Crippen LogP contribution in [0.25, 0.3) is 0 Å². The van der Waals surface area contributed by atoms with Crippen LogP contribution in [0.2, 0.25) is 0 Å². The molecule has 1 amide bonds. The predicted octanol–water partition coefficient (Wildman–Crippen LogP) is 2.34. The highest BCUT2D eigenvalue weighted by atomic mass is 16.2. The van der Waals surface area contributed by atoms with Crippen LogP contribution >= 0.6 is 0 Å². The Kier molecular flexibility index (Phi) is 4.08. The summed E-state index contributed by atoms with van der Waals surface area (Å²) in [7, 11) is 0. The first kappa shape index (κ1) is 12.9. The summed E-state index contributed by atoms with van der Waals surface area (Å²) in [5.74, 6) is 0.755. The van der Waals surface area contributed by atoms with Gasteiger partial charge in [-0.3, -0.25) is 4.79 Å². The van der Waals surface area contributed by atoms with Crippen molar-refractivity contribution in [2.24, 2.45) is 11.7 Å². The molecule has 0 spiro atoms. The summed E-state index contributed by atoms with van der Waals surface area (Å²) in [6.45, 7) is 2.15. The number of amides is 1. The first-order chi connectivity index (χ1) is 8.12. The molecular weight excluding hydrogens is 212 g/mol. The van der Waals surface area contributed by atoms with E-state index in [0.717, 1.165) is 25.7 Å². The van der Waals surface area contributed by atoms with Gasteiger partial charge in [-0.15, -0.1) is 0 Å². The van der Waals surface area contributed by atoms with Gasteiger partial charge in [0.25, 0.3) is 0 Å². The van der Waals surface area contributed by atoms with Crippen molar-refractivity contribution in [1.82, 2.24) is 5.32 Å². The largest absolute Gasteiger partial charge is 0.352 e. The highest BCUT2D eigenvalue weighted by molar-refractivity contribution is 5.86. The van der Waals surface area contributed by atoms with Gasteiger partial charge >= 0.3 is 0 Å². The molecule has 3 N–H and O–H groups in total. The molecule has 0 aromatic carbocycles. The maximum atomic E-state index is 12.2. The molecule has 2 aliphatic carbocycles. The Hall–Kier alpha value is -0.570. The summed E-state index contributed by atoms with van der Waals surface area (Å²) in [5, 5.41) is 3.17. The second kappa shape index (κ2) is 5.38. The van der Waals surface area contributed by atoms with Crippen LogP contribution in [0.15, 0.2) is 0 Å². The number of rotatable bonds is 3. The second-order valence-corrected chi connectivity index (χ2v) is 6.02. The molecule has 2 fully saturated rings. The molecule has 17 heavy (non-hydrogen) atoms. The van der Waals surface area contributed by atoms with Gasteiger partial charge in [-0.1, -0.05) is 32.1 Å². The minimum atomic E-state index is -0.567. The highest BCUT2D eigenvalue weighted by Crippen LogP contribution is 2.29. The molecule has 0 aromatic heterocycles. The molecule has 2 rings (SSSR count). The minimum Gasteiger partial charge on any atom is -0.352 e. The number of carbonyl (C=O) groups excluding carboxylic acids is 1. The standard InChI is InChI=1S/C14H26N2O/c1-11(12-7-3-2-4-8-12)16-13(17)14(15)9-5-6-10-14/h11-12H,2-10,15H2,1H3,(H,16,17)/t11-/m1/s1. The average Bonchev–Trinajstić information content (AvgIpc) is 2.78. The SMILES string of the molecule is C[C@@H](NC(=O)C1(N)CCCC1)C1CCCCC1. The van der Waals surface area contributed by atoms with Crippen molar-refractivity contribution in [1.29, 1.82) is 0 Å². The molecule has 3 heteroatoms. The second-order valence-electron chi connectivity index (χ2n) is 6.02. The number of hydrogen-bond acceptors (Lipinski definition) is 2. The van der Waals surface area contributed by atoms with E-state index in [1.807, 2.05) is 0 Å². The van der Waals surface area contributed by atoms with Crippen LogP contribution in [0.5, 0.6) is 0 Å². The van der Waals surface area contributed by atoms with Crippen LogP contribution in [-0.4, -0.2) is 17.5 Å². The number of carbonyl (C=O) groups is 1. The molecule has 0 aliphatic heterocycles. The van der Waals surface area contributed by atoms with E-state index in [-0.39, 0.29) is 5.91 Å². The first-order valence-corrected chi connectivity index (χ1v) is 7.22. The van der Waals surface area contributed by atoms with Crippen molar-refractivity contribution < 1.29 is 4.79 Å². The van der Waals surface area contributed by atoms with E-state index < -0.39 is 5.54 Å². The predicted molar refractivity (Wildman–Crippen MR) is 69.6 cm³/mol. The van der Waals surface area contributed by atoms with Crippen LogP contribution in [0.3, 0.4) is 0 Å². The van der Waals surface area contributed by atoms with Crippen LogP contribution in [0.1, 0.15) is 64.7 Å². The van der Waals surface area contributed by atoms with Crippen molar-refractivity contribution in [2.45, 2.75) is 76.3 Å². The van der Waals surface area contributed by atoms with E-state index >= 15 is 0 Å². The molecule has 1 atom stereocenters. The van der Waals surface area contributed by atoms with Crippen LogP contribution in [0, 0.1) is 5.92 Å². The quantitative estimate of drug-likeness (QED) is 0.793. The van der Waals surface area contributed by atoms with E-state index in [1.165, 1.54) is 32.1 Å². The van der Waals surface area contributed by atoms with Crippen LogP contribution in [-0.2, 0) is 4.79 Å². The molecule has 2 saturated carbocycles. The van der Waals surface area contributed by atoms with Gasteiger partial charge in [0, 0.05) is 6.04 Å². The molecule has 0 bridgehead atoms. The maximum absolute atomic E-state index is 12.2. The lowest BCUT2D eigenvalue weighted by atomic mass is 9.84. The monoisotopic (exact) mass is 238 g/mol. The van der Waals surface area contributed by atoms with Gasteiger partial charge in [0.15, 0.2) is 0 Å². The molecule has 0 aromatic rings. The van der Waals surface area contributed by atoms with E-state index in [2.05, 4.69) is 12.2 Å². The summed E-state index contributed by atoms with van der Waals surface area (Å²) in [6.07, 6.45) is 10.4. The molecule has 2 aliphatic rings. The van der Waals surface area contributed by atoms with E-state index in [9.17, 15) is 4.79 Å². The molecule has 0 saturated heterocycles. The zero-order valence-electron chi connectivity index (χ0n) is 11.0. The van der Waals surface area contributed by atoms with Crippen molar-refractivity contribution in [3.63, 3.8) is 0 Å². The van der Waals surface area contributed by atoms with Gasteiger partial charge in [0.2, 0.25) is 5.91 Å². The lowest BCUT2D eigenvalue weighted by Gasteiger charge is -2.31. The Morgan fingerprint density at radius 3 is 2.35 bits per heavy atom. The van der Waals surface area contributed by atoms with Crippen molar-refractivity contribution in [2.75, 3.05) is 0 Å². The molecule has 0 radical (unpaired) electrons. The third kappa shape index (κ3) is 3.01. The Morgan fingerprint density at radius 1 is 1.18 bits per heavy atom. The number of nitrogens with one attached hydrogen (secondary N) is 1. The van der Waals surface area contributed by atoms with E-state index in [1.54, 1.807) is 0 Å². The maximum Gasteiger partial charge on any atom is 0.240 e. The molecule has 98 valence electrons. The fourth-order valence-corrected chi connectivity index (χ4v) is 3.34. The van der Waals surface area contributed by atoms with Crippen LogP contribution < -0.4 is 11.1 Å². The Bertz CT molecular complexity index is 265. The smallest absolute Gasteiger partial charge is 0.240 e. The first-order valence-electron chi connectivity index (χ1n) is 7.22. The number of nitrogens with two attached hydrogens (primary N) is 1. The fraction of sp³-hybridized carbons (Fsp3) is 0.929. The Labute approximate surface area is 105 Å². The van der Waals surface area contributed by atoms with Crippen LogP contribution in [0.4, 0.5) is 0 Å². The Morgan fingerprint density at radius 2 is 1.76 bits per heavy atom. The third-order valence-electron chi connectivity index (χ3n) is 4.66. The van der Waals surface area contributed by atoms with E-state index in [0.29, 0.717) is 12.0 Å². The molecular formula is C14H26N2O. The third-order valence-corrected chi connectivity index (χ3v) is 4.66. The lowest BCUT2D eigenvalue weighted by Crippen LogP contribution is -2.55. The molecule has 3 nitrogen and oxygen atoms in total. The van der Waals surface area contributed by atoms with Gasteiger partial charge < -0.3 is 11.1 Å². The van der Waals surface area contributed by atoms with Crippen molar-refractivity contribution in [3.8, 4) is 0 Å². The highest BCUT2D eigenvalue weighted by Gasteiger charge is 2.38. The van der Waals surface area contributed by atoms with Gasteiger partial charge in [-0.05, 0) is 38.5 Å². The minimum absolute atomic E-state index is 0.0908. The van der Waals surface area contributed by atoms with Gasteiger partial charge in [-0.2, -0.15) is 0 Å². The summed E-state index contributed by atoms with van der Waals surface area (Å²) in [6, 6.07) is 0.295. The zero-order valence-corrected chi connectivity index (χ0v) is 11.0.